The molecule has 0 aliphatic heterocycles. The van der Waals surface area contributed by atoms with Crippen molar-refractivity contribution in [3.8, 4) is 0 Å². The summed E-state index contributed by atoms with van der Waals surface area (Å²) in [6.07, 6.45) is 4.84. The molecule has 1 saturated carbocycles. The zero-order valence-corrected chi connectivity index (χ0v) is 12.6. The molecule has 1 fully saturated rings. The van der Waals surface area contributed by atoms with E-state index >= 15 is 0 Å². The summed E-state index contributed by atoms with van der Waals surface area (Å²) in [6, 6.07) is 5.92. The first kappa shape index (κ1) is 14.2. The van der Waals surface area contributed by atoms with E-state index < -0.39 is 6.10 Å². The van der Waals surface area contributed by atoms with Crippen molar-refractivity contribution in [1.82, 2.24) is 0 Å². The Morgan fingerprint density at radius 2 is 2.17 bits per heavy atom. The minimum atomic E-state index is -0.448. The van der Waals surface area contributed by atoms with Crippen molar-refractivity contribution in [3.63, 3.8) is 0 Å². The highest BCUT2D eigenvalue weighted by molar-refractivity contribution is 8.00. The summed E-state index contributed by atoms with van der Waals surface area (Å²) >= 11 is 8.20. The second-order valence-electron chi connectivity index (χ2n) is 5.38. The first-order chi connectivity index (χ1) is 8.56. The van der Waals surface area contributed by atoms with E-state index in [4.69, 9.17) is 11.6 Å². The van der Waals surface area contributed by atoms with Gasteiger partial charge in [0.15, 0.2) is 0 Å². The minimum Gasteiger partial charge on any atom is -0.389 e. The van der Waals surface area contributed by atoms with Crippen LogP contribution in [0.1, 0.15) is 51.2 Å². The van der Waals surface area contributed by atoms with Gasteiger partial charge < -0.3 is 5.11 Å². The molecule has 1 aromatic carbocycles. The van der Waals surface area contributed by atoms with E-state index in [1.54, 1.807) is 6.92 Å². The molecule has 3 heteroatoms. The zero-order chi connectivity index (χ0) is 13.1. The fourth-order valence-electron chi connectivity index (χ4n) is 2.54. The van der Waals surface area contributed by atoms with Crippen LogP contribution < -0.4 is 0 Å². The highest BCUT2D eigenvalue weighted by Gasteiger charge is 2.20. The molecule has 0 saturated heterocycles. The molecule has 1 nitrogen and oxygen atoms in total. The molecule has 0 amide bonds. The summed E-state index contributed by atoms with van der Waals surface area (Å²) in [5, 5.41) is 11.0. The van der Waals surface area contributed by atoms with Crippen LogP contribution in [0, 0.1) is 5.92 Å². The van der Waals surface area contributed by atoms with Crippen LogP contribution >= 0.6 is 23.4 Å². The van der Waals surface area contributed by atoms with E-state index in [9.17, 15) is 5.11 Å². The quantitative estimate of drug-likeness (QED) is 0.837. The van der Waals surface area contributed by atoms with Gasteiger partial charge in [-0.2, -0.15) is 0 Å². The van der Waals surface area contributed by atoms with E-state index in [1.807, 2.05) is 30.0 Å². The average Bonchev–Trinajstić information content (AvgIpc) is 2.31. The molecule has 1 aliphatic rings. The van der Waals surface area contributed by atoms with Crippen LogP contribution in [0.15, 0.2) is 23.1 Å². The first-order valence-electron chi connectivity index (χ1n) is 6.70. The molecular weight excluding hydrogens is 264 g/mol. The second kappa shape index (κ2) is 6.31. The maximum absolute atomic E-state index is 9.53. The lowest BCUT2D eigenvalue weighted by Gasteiger charge is -2.26. The Labute approximate surface area is 119 Å². The van der Waals surface area contributed by atoms with Crippen LogP contribution in [0.2, 0.25) is 5.02 Å². The van der Waals surface area contributed by atoms with Crippen molar-refractivity contribution in [2.75, 3.05) is 0 Å². The lowest BCUT2D eigenvalue weighted by Crippen LogP contribution is -2.14. The molecule has 0 aromatic heterocycles. The molecule has 3 atom stereocenters. The summed E-state index contributed by atoms with van der Waals surface area (Å²) in [5.41, 5.74) is 0.890. The van der Waals surface area contributed by atoms with Gasteiger partial charge in [-0.25, -0.2) is 0 Å². The van der Waals surface area contributed by atoms with Gasteiger partial charge in [-0.1, -0.05) is 37.4 Å². The fourth-order valence-corrected chi connectivity index (χ4v) is 4.25. The SMILES string of the molecule is CC1CCCC(Sc2ccc([C@@H](C)O)cc2Cl)C1. The lowest BCUT2D eigenvalue weighted by atomic mass is 9.91. The summed E-state index contributed by atoms with van der Waals surface area (Å²) < 4.78 is 0. The molecule has 2 unspecified atom stereocenters. The van der Waals surface area contributed by atoms with Crippen molar-refractivity contribution in [1.29, 1.82) is 0 Å². The maximum Gasteiger partial charge on any atom is 0.0762 e. The highest BCUT2D eigenvalue weighted by atomic mass is 35.5. The number of hydrogen-bond donors (Lipinski definition) is 1. The number of aliphatic hydroxyl groups is 1. The van der Waals surface area contributed by atoms with Gasteiger partial charge in [0.25, 0.3) is 0 Å². The van der Waals surface area contributed by atoms with Gasteiger partial charge in [-0.3, -0.25) is 0 Å². The van der Waals surface area contributed by atoms with Crippen molar-refractivity contribution < 1.29 is 5.11 Å². The molecule has 2 rings (SSSR count). The smallest absolute Gasteiger partial charge is 0.0762 e. The van der Waals surface area contributed by atoms with Crippen molar-refractivity contribution in [3.05, 3.63) is 28.8 Å². The van der Waals surface area contributed by atoms with Crippen LogP contribution in [-0.2, 0) is 0 Å². The molecule has 18 heavy (non-hydrogen) atoms. The van der Waals surface area contributed by atoms with E-state index in [2.05, 4.69) is 6.92 Å². The fraction of sp³-hybridized carbons (Fsp3) is 0.600. The highest BCUT2D eigenvalue weighted by Crippen LogP contribution is 2.39. The maximum atomic E-state index is 9.53. The number of halogens is 1. The van der Waals surface area contributed by atoms with Gasteiger partial charge in [-0.05, 0) is 43.4 Å². The summed E-state index contributed by atoms with van der Waals surface area (Å²) in [7, 11) is 0. The van der Waals surface area contributed by atoms with Crippen LogP contribution in [0.25, 0.3) is 0 Å². The molecule has 1 aliphatic carbocycles. The van der Waals surface area contributed by atoms with Gasteiger partial charge in [0, 0.05) is 10.1 Å². The van der Waals surface area contributed by atoms with Gasteiger partial charge in [0.05, 0.1) is 11.1 Å². The summed E-state index contributed by atoms with van der Waals surface area (Å²) in [5.74, 6) is 0.840. The van der Waals surface area contributed by atoms with E-state index in [1.165, 1.54) is 25.7 Å². The van der Waals surface area contributed by atoms with Crippen molar-refractivity contribution in [2.24, 2.45) is 5.92 Å². The Kier molecular flexibility index (Phi) is 4.99. The Bertz CT molecular complexity index is 405. The molecule has 0 radical (unpaired) electrons. The Morgan fingerprint density at radius 1 is 1.39 bits per heavy atom. The Balaban J connectivity index is 2.05. The minimum absolute atomic E-state index is 0.448. The molecule has 1 N–H and O–H groups in total. The number of rotatable bonds is 3. The molecule has 0 spiro atoms. The predicted octanol–water partition coefficient (Wildman–Crippen LogP) is 5.06. The number of hydrogen-bond acceptors (Lipinski definition) is 2. The van der Waals surface area contributed by atoms with Gasteiger partial charge in [0.2, 0.25) is 0 Å². The number of thioether (sulfide) groups is 1. The van der Waals surface area contributed by atoms with E-state index in [-0.39, 0.29) is 0 Å². The molecular formula is C15H21ClOS. The number of benzene rings is 1. The second-order valence-corrected chi connectivity index (χ2v) is 7.13. The van der Waals surface area contributed by atoms with Crippen LogP contribution in [-0.4, -0.2) is 10.4 Å². The summed E-state index contributed by atoms with van der Waals surface area (Å²) in [6.45, 7) is 4.10. The molecule has 0 heterocycles. The average molecular weight is 285 g/mol. The van der Waals surface area contributed by atoms with E-state index in [0.717, 1.165) is 21.4 Å². The Morgan fingerprint density at radius 3 is 2.78 bits per heavy atom. The topological polar surface area (TPSA) is 20.2 Å². The van der Waals surface area contributed by atoms with Gasteiger partial charge >= 0.3 is 0 Å². The normalized spacial score (nSPS) is 26.0. The third-order valence-corrected chi connectivity index (χ3v) is 5.42. The van der Waals surface area contributed by atoms with Gasteiger partial charge in [-0.15, -0.1) is 11.8 Å². The van der Waals surface area contributed by atoms with Crippen LogP contribution in [0.5, 0.6) is 0 Å². The Hall–Kier alpha value is -0.180. The summed E-state index contributed by atoms with van der Waals surface area (Å²) in [4.78, 5) is 1.15. The largest absolute Gasteiger partial charge is 0.389 e. The van der Waals surface area contributed by atoms with Crippen LogP contribution in [0.3, 0.4) is 0 Å². The molecule has 100 valence electrons. The molecule has 0 bridgehead atoms. The lowest BCUT2D eigenvalue weighted by molar-refractivity contribution is 0.199. The van der Waals surface area contributed by atoms with Crippen molar-refractivity contribution in [2.45, 2.75) is 55.8 Å². The molecule has 1 aromatic rings. The van der Waals surface area contributed by atoms with Gasteiger partial charge in [0.1, 0.15) is 0 Å². The monoisotopic (exact) mass is 284 g/mol. The third-order valence-electron chi connectivity index (χ3n) is 3.62. The van der Waals surface area contributed by atoms with Crippen LogP contribution in [0.4, 0.5) is 0 Å². The predicted molar refractivity (Wildman–Crippen MR) is 79.4 cm³/mol. The van der Waals surface area contributed by atoms with Crippen molar-refractivity contribution >= 4 is 23.4 Å². The standard InChI is InChI=1S/C15H21ClOS/c1-10-4-3-5-13(8-10)18-15-7-6-12(11(2)17)9-14(15)16/h6-7,9-11,13,17H,3-5,8H2,1-2H3/t10?,11-,13?/m1/s1. The first-order valence-corrected chi connectivity index (χ1v) is 7.96. The third kappa shape index (κ3) is 3.66. The van der Waals surface area contributed by atoms with E-state index in [0.29, 0.717) is 5.25 Å². The zero-order valence-electron chi connectivity index (χ0n) is 11.0. The number of aliphatic hydroxyl groups excluding tert-OH is 1.